The monoisotopic (exact) mass is 496 g/mol. The van der Waals surface area contributed by atoms with Gasteiger partial charge in [-0.05, 0) is 43.9 Å². The predicted molar refractivity (Wildman–Crippen MR) is 147 cm³/mol. The third kappa shape index (κ3) is 7.07. The Balaban J connectivity index is 1.72. The van der Waals surface area contributed by atoms with Crippen molar-refractivity contribution < 1.29 is 19.2 Å². The lowest BCUT2D eigenvalue weighted by Crippen LogP contribution is -2.41. The summed E-state index contributed by atoms with van der Waals surface area (Å²) in [5, 5.41) is 3.57. The van der Waals surface area contributed by atoms with Crippen LogP contribution in [0.1, 0.15) is 106 Å². The highest BCUT2D eigenvalue weighted by Gasteiger charge is 2.33. The van der Waals surface area contributed by atoms with Gasteiger partial charge in [0.2, 0.25) is 0 Å². The SMILES string of the molecule is CCCCCCOCCCN1C(=O)c2cccc3c(N(CCC)OCCCCCC)ccc(c23)C1=O. The molecule has 0 radical (unpaired) electrons. The summed E-state index contributed by atoms with van der Waals surface area (Å²) in [6.07, 6.45) is 10.8. The maximum atomic E-state index is 13.4. The van der Waals surface area contributed by atoms with Crippen LogP contribution in [-0.2, 0) is 9.57 Å². The topological polar surface area (TPSA) is 59.1 Å². The van der Waals surface area contributed by atoms with Crippen molar-refractivity contribution in [2.75, 3.05) is 38.0 Å². The Kier molecular flexibility index (Phi) is 11.7. The minimum Gasteiger partial charge on any atom is -0.381 e. The molecule has 0 bridgehead atoms. The van der Waals surface area contributed by atoms with E-state index in [1.165, 1.54) is 37.0 Å². The van der Waals surface area contributed by atoms with Crippen LogP contribution in [-0.4, -0.2) is 49.6 Å². The maximum Gasteiger partial charge on any atom is 0.261 e. The van der Waals surface area contributed by atoms with E-state index in [1.807, 2.05) is 35.4 Å². The molecule has 1 heterocycles. The first-order chi connectivity index (χ1) is 17.6. The first-order valence-corrected chi connectivity index (χ1v) is 14.0. The molecule has 0 aliphatic carbocycles. The summed E-state index contributed by atoms with van der Waals surface area (Å²) in [7, 11) is 0. The van der Waals surface area contributed by atoms with E-state index in [1.54, 1.807) is 0 Å². The highest BCUT2D eigenvalue weighted by Crippen LogP contribution is 2.36. The minimum absolute atomic E-state index is 0.222. The molecule has 0 spiro atoms. The number of hydrogen-bond donors (Lipinski definition) is 0. The number of anilines is 1. The molecule has 0 fully saturated rings. The number of nitrogens with zero attached hydrogens (tertiary/aromatic N) is 2. The van der Waals surface area contributed by atoms with Crippen LogP contribution in [0.4, 0.5) is 5.69 Å². The molecule has 6 nitrogen and oxygen atoms in total. The van der Waals surface area contributed by atoms with Crippen molar-refractivity contribution >= 4 is 28.3 Å². The van der Waals surface area contributed by atoms with Gasteiger partial charge in [0, 0.05) is 48.2 Å². The molecular weight excluding hydrogens is 452 g/mol. The van der Waals surface area contributed by atoms with Crippen LogP contribution < -0.4 is 5.06 Å². The minimum atomic E-state index is -0.222. The van der Waals surface area contributed by atoms with E-state index in [2.05, 4.69) is 20.8 Å². The summed E-state index contributed by atoms with van der Waals surface area (Å²) in [6.45, 7) is 9.59. The summed E-state index contributed by atoms with van der Waals surface area (Å²) < 4.78 is 5.72. The molecule has 0 saturated heterocycles. The number of imide groups is 1. The van der Waals surface area contributed by atoms with E-state index in [0.717, 1.165) is 55.3 Å². The Morgan fingerprint density at radius 3 is 2.08 bits per heavy atom. The largest absolute Gasteiger partial charge is 0.381 e. The number of hydrogen-bond acceptors (Lipinski definition) is 5. The van der Waals surface area contributed by atoms with Crippen molar-refractivity contribution in [3.63, 3.8) is 0 Å². The fraction of sp³-hybridized carbons (Fsp3) is 0.600. The number of carbonyl (C=O) groups is 2. The zero-order valence-corrected chi connectivity index (χ0v) is 22.5. The standard InChI is InChI=1S/C30H44N2O4/c1-4-7-9-11-21-35-22-14-20-31-29(33)25-16-13-15-24-27(18-17-26(28(24)25)30(31)34)32(19-6-3)36-23-12-10-8-5-2/h13,15-18H,4-12,14,19-23H2,1-3H3. The Morgan fingerprint density at radius 2 is 1.39 bits per heavy atom. The van der Waals surface area contributed by atoms with Crippen molar-refractivity contribution in [2.45, 2.75) is 85.0 Å². The van der Waals surface area contributed by atoms with E-state index in [4.69, 9.17) is 9.57 Å². The average molecular weight is 497 g/mol. The van der Waals surface area contributed by atoms with Crippen molar-refractivity contribution in [3.05, 3.63) is 41.5 Å². The summed E-state index contributed by atoms with van der Waals surface area (Å²) in [5.74, 6) is -0.443. The van der Waals surface area contributed by atoms with Gasteiger partial charge in [-0.15, -0.1) is 0 Å². The molecule has 0 aromatic heterocycles. The Hall–Kier alpha value is -2.44. The van der Waals surface area contributed by atoms with Gasteiger partial charge in [0.25, 0.3) is 11.8 Å². The smallest absolute Gasteiger partial charge is 0.261 e. The maximum absolute atomic E-state index is 13.4. The van der Waals surface area contributed by atoms with Crippen LogP contribution in [0.25, 0.3) is 10.8 Å². The Bertz CT molecular complexity index is 968. The zero-order valence-electron chi connectivity index (χ0n) is 22.5. The second kappa shape index (κ2) is 15.0. The van der Waals surface area contributed by atoms with Gasteiger partial charge in [-0.3, -0.25) is 24.4 Å². The van der Waals surface area contributed by atoms with Gasteiger partial charge < -0.3 is 4.74 Å². The number of unbranched alkanes of at least 4 members (excludes halogenated alkanes) is 6. The van der Waals surface area contributed by atoms with Crippen molar-refractivity contribution in [1.82, 2.24) is 4.90 Å². The molecule has 36 heavy (non-hydrogen) atoms. The van der Waals surface area contributed by atoms with E-state index in [-0.39, 0.29) is 11.8 Å². The summed E-state index contributed by atoms with van der Waals surface area (Å²) in [5.41, 5.74) is 2.09. The van der Waals surface area contributed by atoms with Crippen molar-refractivity contribution in [3.8, 4) is 0 Å². The van der Waals surface area contributed by atoms with Crippen LogP contribution in [0.15, 0.2) is 30.3 Å². The molecule has 0 unspecified atom stereocenters. The van der Waals surface area contributed by atoms with Gasteiger partial charge in [0.1, 0.15) is 0 Å². The fourth-order valence-electron chi connectivity index (χ4n) is 4.77. The zero-order chi connectivity index (χ0) is 25.8. The van der Waals surface area contributed by atoms with Crippen LogP contribution in [0.3, 0.4) is 0 Å². The van der Waals surface area contributed by atoms with E-state index in [0.29, 0.717) is 37.3 Å². The molecule has 2 amide bonds. The first kappa shape index (κ1) is 28.1. The molecule has 3 rings (SSSR count). The van der Waals surface area contributed by atoms with Gasteiger partial charge in [0.05, 0.1) is 12.3 Å². The fourth-order valence-corrected chi connectivity index (χ4v) is 4.77. The van der Waals surface area contributed by atoms with Crippen LogP contribution >= 0.6 is 0 Å². The quantitative estimate of drug-likeness (QED) is 0.125. The third-order valence-electron chi connectivity index (χ3n) is 6.72. The second-order valence-electron chi connectivity index (χ2n) is 9.64. The van der Waals surface area contributed by atoms with Gasteiger partial charge in [-0.1, -0.05) is 71.4 Å². The molecule has 0 N–H and O–H groups in total. The van der Waals surface area contributed by atoms with E-state index >= 15 is 0 Å². The normalized spacial score (nSPS) is 13.1. The molecule has 6 heteroatoms. The number of ether oxygens (including phenoxy) is 1. The molecule has 2 aromatic carbocycles. The summed E-state index contributed by atoms with van der Waals surface area (Å²) in [4.78, 5) is 34.3. The number of hydroxylamine groups is 1. The second-order valence-corrected chi connectivity index (χ2v) is 9.64. The Labute approximate surface area is 216 Å². The lowest BCUT2D eigenvalue weighted by Gasteiger charge is -2.30. The van der Waals surface area contributed by atoms with E-state index in [9.17, 15) is 9.59 Å². The molecule has 1 aliphatic rings. The molecule has 0 saturated carbocycles. The molecule has 0 atom stereocenters. The Morgan fingerprint density at radius 1 is 0.722 bits per heavy atom. The number of rotatable bonds is 18. The molecule has 1 aliphatic heterocycles. The first-order valence-electron chi connectivity index (χ1n) is 14.0. The van der Waals surface area contributed by atoms with Crippen molar-refractivity contribution in [2.24, 2.45) is 0 Å². The number of carbonyl (C=O) groups excluding carboxylic acids is 2. The lowest BCUT2D eigenvalue weighted by molar-refractivity contribution is 0.0582. The lowest BCUT2D eigenvalue weighted by atomic mass is 9.93. The predicted octanol–water partition coefficient (Wildman–Crippen LogP) is 7.15. The van der Waals surface area contributed by atoms with Gasteiger partial charge >= 0.3 is 0 Å². The highest BCUT2D eigenvalue weighted by atomic mass is 16.7. The summed E-state index contributed by atoms with van der Waals surface area (Å²) in [6, 6.07) is 9.55. The van der Waals surface area contributed by atoms with Crippen molar-refractivity contribution in [1.29, 1.82) is 0 Å². The summed E-state index contributed by atoms with van der Waals surface area (Å²) >= 11 is 0. The molecule has 2 aromatic rings. The van der Waals surface area contributed by atoms with Gasteiger partial charge in [0.15, 0.2) is 0 Å². The average Bonchev–Trinajstić information content (AvgIpc) is 2.89. The van der Waals surface area contributed by atoms with Crippen LogP contribution in [0.2, 0.25) is 0 Å². The van der Waals surface area contributed by atoms with Crippen LogP contribution in [0, 0.1) is 0 Å². The van der Waals surface area contributed by atoms with Gasteiger partial charge in [-0.2, -0.15) is 0 Å². The molecule has 198 valence electrons. The third-order valence-corrected chi connectivity index (χ3v) is 6.72. The molecular formula is C30H44N2O4. The number of benzene rings is 2. The highest BCUT2D eigenvalue weighted by molar-refractivity contribution is 6.26. The van der Waals surface area contributed by atoms with Crippen LogP contribution in [0.5, 0.6) is 0 Å². The van der Waals surface area contributed by atoms with Gasteiger partial charge in [-0.25, -0.2) is 0 Å². The number of amides is 2. The van der Waals surface area contributed by atoms with E-state index < -0.39 is 0 Å².